The van der Waals surface area contributed by atoms with Gasteiger partial charge in [0.2, 0.25) is 0 Å². The fourth-order valence-electron chi connectivity index (χ4n) is 1.95. The maximum absolute atomic E-state index is 4.67. The van der Waals surface area contributed by atoms with Crippen molar-refractivity contribution in [1.29, 1.82) is 0 Å². The zero-order chi connectivity index (χ0) is 11.7. The molecule has 2 aromatic heterocycles. The van der Waals surface area contributed by atoms with E-state index in [1.54, 1.807) is 6.20 Å². The molecule has 0 aliphatic heterocycles. The number of para-hydroxylation sites is 1. The molecule has 2 heterocycles. The first-order valence-electron chi connectivity index (χ1n) is 5.61. The van der Waals surface area contributed by atoms with E-state index in [1.807, 2.05) is 36.5 Å². The molecule has 0 saturated heterocycles. The third kappa shape index (κ3) is 1.78. The van der Waals surface area contributed by atoms with Crippen LogP contribution < -0.4 is 0 Å². The molecule has 0 aliphatic carbocycles. The van der Waals surface area contributed by atoms with Crippen molar-refractivity contribution in [2.75, 3.05) is 0 Å². The van der Waals surface area contributed by atoms with Crippen LogP contribution in [0.3, 0.4) is 0 Å². The molecule has 0 radical (unpaired) electrons. The first kappa shape index (κ1) is 9.97. The number of benzene rings is 1. The monoisotopic (exact) mass is 220 g/mol. The lowest BCUT2D eigenvalue weighted by Crippen LogP contribution is -1.88. The number of pyridine rings is 2. The van der Waals surface area contributed by atoms with Crippen LogP contribution in [0.4, 0.5) is 0 Å². The SMILES string of the molecule is Cc1ccncc1-c1ccc2ccccc2n1. The van der Waals surface area contributed by atoms with Crippen LogP contribution in [-0.2, 0) is 0 Å². The van der Waals surface area contributed by atoms with Gasteiger partial charge in [-0.05, 0) is 30.7 Å². The molecule has 2 heteroatoms. The summed E-state index contributed by atoms with van der Waals surface area (Å²) in [6.07, 6.45) is 3.67. The predicted octanol–water partition coefficient (Wildman–Crippen LogP) is 3.61. The van der Waals surface area contributed by atoms with E-state index >= 15 is 0 Å². The fourth-order valence-corrected chi connectivity index (χ4v) is 1.95. The number of hydrogen-bond donors (Lipinski definition) is 0. The Labute approximate surface area is 100.0 Å². The molecule has 82 valence electrons. The van der Waals surface area contributed by atoms with Gasteiger partial charge in [-0.1, -0.05) is 24.3 Å². The third-order valence-corrected chi connectivity index (χ3v) is 2.91. The van der Waals surface area contributed by atoms with Gasteiger partial charge in [-0.2, -0.15) is 0 Å². The summed E-state index contributed by atoms with van der Waals surface area (Å²) in [5.41, 5.74) is 4.29. The van der Waals surface area contributed by atoms with Crippen LogP contribution in [0.5, 0.6) is 0 Å². The number of rotatable bonds is 1. The molecule has 1 aromatic carbocycles. The summed E-state index contributed by atoms with van der Waals surface area (Å²) in [5.74, 6) is 0. The maximum atomic E-state index is 4.67. The Kier molecular flexibility index (Phi) is 2.33. The van der Waals surface area contributed by atoms with Gasteiger partial charge in [-0.25, -0.2) is 4.98 Å². The Morgan fingerprint density at radius 1 is 0.941 bits per heavy atom. The van der Waals surface area contributed by atoms with Crippen LogP contribution in [0.25, 0.3) is 22.2 Å². The van der Waals surface area contributed by atoms with Crippen LogP contribution >= 0.6 is 0 Å². The number of nitrogens with zero attached hydrogens (tertiary/aromatic N) is 2. The van der Waals surface area contributed by atoms with E-state index in [1.165, 1.54) is 5.56 Å². The zero-order valence-electron chi connectivity index (χ0n) is 9.59. The molecule has 0 atom stereocenters. The Hall–Kier alpha value is -2.22. The van der Waals surface area contributed by atoms with E-state index in [0.717, 1.165) is 22.2 Å². The van der Waals surface area contributed by atoms with Crippen molar-refractivity contribution in [3.8, 4) is 11.3 Å². The Morgan fingerprint density at radius 3 is 2.71 bits per heavy atom. The van der Waals surface area contributed by atoms with Crippen LogP contribution in [0.2, 0.25) is 0 Å². The van der Waals surface area contributed by atoms with E-state index in [0.29, 0.717) is 0 Å². The van der Waals surface area contributed by atoms with Crippen molar-refractivity contribution in [1.82, 2.24) is 9.97 Å². The van der Waals surface area contributed by atoms with Crippen LogP contribution in [0.1, 0.15) is 5.56 Å². The molecule has 0 bridgehead atoms. The largest absolute Gasteiger partial charge is 0.264 e. The molecule has 0 amide bonds. The fraction of sp³-hybridized carbons (Fsp3) is 0.0667. The summed E-state index contributed by atoms with van der Waals surface area (Å²) >= 11 is 0. The summed E-state index contributed by atoms with van der Waals surface area (Å²) in [7, 11) is 0. The molecule has 17 heavy (non-hydrogen) atoms. The van der Waals surface area contributed by atoms with Crippen LogP contribution in [-0.4, -0.2) is 9.97 Å². The van der Waals surface area contributed by atoms with E-state index in [4.69, 9.17) is 0 Å². The van der Waals surface area contributed by atoms with Crippen molar-refractivity contribution in [3.63, 3.8) is 0 Å². The highest BCUT2D eigenvalue weighted by molar-refractivity contribution is 5.81. The van der Waals surface area contributed by atoms with E-state index in [2.05, 4.69) is 29.0 Å². The van der Waals surface area contributed by atoms with E-state index in [9.17, 15) is 0 Å². The van der Waals surface area contributed by atoms with Gasteiger partial charge < -0.3 is 0 Å². The highest BCUT2D eigenvalue weighted by Crippen LogP contribution is 2.22. The molecule has 0 unspecified atom stereocenters. The maximum Gasteiger partial charge on any atom is 0.0727 e. The zero-order valence-corrected chi connectivity index (χ0v) is 9.59. The predicted molar refractivity (Wildman–Crippen MR) is 69.7 cm³/mol. The van der Waals surface area contributed by atoms with Gasteiger partial charge in [0.15, 0.2) is 0 Å². The van der Waals surface area contributed by atoms with Crippen molar-refractivity contribution in [2.24, 2.45) is 0 Å². The van der Waals surface area contributed by atoms with Crippen LogP contribution in [0.15, 0.2) is 54.9 Å². The lowest BCUT2D eigenvalue weighted by Gasteiger charge is -2.05. The average Bonchev–Trinajstić information content (AvgIpc) is 2.39. The summed E-state index contributed by atoms with van der Waals surface area (Å²) < 4.78 is 0. The summed E-state index contributed by atoms with van der Waals surface area (Å²) in [6.45, 7) is 2.08. The van der Waals surface area contributed by atoms with Gasteiger partial charge >= 0.3 is 0 Å². The molecular weight excluding hydrogens is 208 g/mol. The van der Waals surface area contributed by atoms with E-state index < -0.39 is 0 Å². The molecule has 3 aromatic rings. The Balaban J connectivity index is 2.22. The van der Waals surface area contributed by atoms with Crippen molar-refractivity contribution >= 4 is 10.9 Å². The number of hydrogen-bond acceptors (Lipinski definition) is 2. The lowest BCUT2D eigenvalue weighted by molar-refractivity contribution is 1.26. The molecule has 0 aliphatic rings. The third-order valence-electron chi connectivity index (χ3n) is 2.91. The second-order valence-electron chi connectivity index (χ2n) is 4.08. The number of aromatic nitrogens is 2. The minimum absolute atomic E-state index is 0.981. The highest BCUT2D eigenvalue weighted by Gasteiger charge is 2.03. The normalized spacial score (nSPS) is 10.6. The van der Waals surface area contributed by atoms with Gasteiger partial charge in [-0.3, -0.25) is 4.98 Å². The summed E-state index contributed by atoms with van der Waals surface area (Å²) in [5, 5.41) is 1.16. The second kappa shape index (κ2) is 3.98. The van der Waals surface area contributed by atoms with Crippen molar-refractivity contribution in [2.45, 2.75) is 6.92 Å². The first-order chi connectivity index (χ1) is 8.34. The minimum Gasteiger partial charge on any atom is -0.264 e. The van der Waals surface area contributed by atoms with Crippen molar-refractivity contribution in [3.05, 3.63) is 60.4 Å². The molecule has 0 fully saturated rings. The molecule has 0 spiro atoms. The smallest absolute Gasteiger partial charge is 0.0727 e. The Bertz CT molecular complexity index is 674. The standard InChI is InChI=1S/C15H12N2/c1-11-8-9-16-10-13(11)15-7-6-12-4-2-3-5-14(12)17-15/h2-10H,1H3. The van der Waals surface area contributed by atoms with Gasteiger partial charge in [0.25, 0.3) is 0 Å². The van der Waals surface area contributed by atoms with E-state index in [-0.39, 0.29) is 0 Å². The second-order valence-corrected chi connectivity index (χ2v) is 4.08. The van der Waals surface area contributed by atoms with Gasteiger partial charge in [0, 0.05) is 23.3 Å². The van der Waals surface area contributed by atoms with Crippen molar-refractivity contribution < 1.29 is 0 Å². The molecule has 2 nitrogen and oxygen atoms in total. The molecule has 0 N–H and O–H groups in total. The van der Waals surface area contributed by atoms with Gasteiger partial charge in [-0.15, -0.1) is 0 Å². The average molecular weight is 220 g/mol. The van der Waals surface area contributed by atoms with Gasteiger partial charge in [0.05, 0.1) is 11.2 Å². The summed E-state index contributed by atoms with van der Waals surface area (Å²) in [6, 6.07) is 14.3. The number of fused-ring (bicyclic) bond motifs is 1. The topological polar surface area (TPSA) is 25.8 Å². The first-order valence-corrected chi connectivity index (χ1v) is 5.61. The molecule has 3 rings (SSSR count). The summed E-state index contributed by atoms with van der Waals surface area (Å²) in [4.78, 5) is 8.83. The Morgan fingerprint density at radius 2 is 1.82 bits per heavy atom. The lowest BCUT2D eigenvalue weighted by atomic mass is 10.1. The highest BCUT2D eigenvalue weighted by atomic mass is 14.7. The minimum atomic E-state index is 0.981. The molecule has 0 saturated carbocycles. The quantitative estimate of drug-likeness (QED) is 0.626. The van der Waals surface area contributed by atoms with Crippen LogP contribution in [0, 0.1) is 6.92 Å². The van der Waals surface area contributed by atoms with Gasteiger partial charge in [0.1, 0.15) is 0 Å². The number of aryl methyl sites for hydroxylation is 1. The molecular formula is C15H12N2.